The molecule has 0 radical (unpaired) electrons. The van der Waals surface area contributed by atoms with Crippen molar-refractivity contribution in [1.82, 2.24) is 29.7 Å². The van der Waals surface area contributed by atoms with Gasteiger partial charge in [0.15, 0.2) is 5.65 Å². The Labute approximate surface area is 239 Å². The quantitative estimate of drug-likeness (QED) is 0.434. The van der Waals surface area contributed by atoms with Crippen molar-refractivity contribution >= 4 is 27.0 Å². The van der Waals surface area contributed by atoms with Crippen molar-refractivity contribution in [3.8, 4) is 5.69 Å². The average molecular weight is 585 g/mol. The van der Waals surface area contributed by atoms with Gasteiger partial charge < -0.3 is 10.1 Å². The van der Waals surface area contributed by atoms with E-state index in [-0.39, 0.29) is 29.6 Å². The smallest absolute Gasteiger partial charge is 0.283 e. The van der Waals surface area contributed by atoms with Crippen LogP contribution >= 0.6 is 0 Å². The van der Waals surface area contributed by atoms with Crippen LogP contribution in [0.4, 0.5) is 4.39 Å². The Morgan fingerprint density at radius 3 is 2.49 bits per heavy atom. The maximum Gasteiger partial charge on any atom is 0.283 e. The summed E-state index contributed by atoms with van der Waals surface area (Å²) >= 11 is 0. The molecule has 1 aromatic carbocycles. The van der Waals surface area contributed by atoms with Crippen molar-refractivity contribution in [2.24, 2.45) is 0 Å². The Bertz CT molecular complexity index is 1530. The number of pyridine rings is 1. The number of likely N-dealkylation sites (tertiary alicyclic amines) is 1. The highest BCUT2D eigenvalue weighted by atomic mass is 32.2. The van der Waals surface area contributed by atoms with Gasteiger partial charge in [-0.3, -0.25) is 9.69 Å². The number of hydrogen-bond acceptors (Lipinski definition) is 8. The molecule has 1 saturated carbocycles. The van der Waals surface area contributed by atoms with Gasteiger partial charge in [-0.05, 0) is 87.5 Å². The lowest BCUT2D eigenvalue weighted by Crippen LogP contribution is -2.49. The second kappa shape index (κ2) is 11.4. The monoisotopic (exact) mass is 584 g/mol. The minimum absolute atomic E-state index is 0.00569. The molecule has 2 aliphatic heterocycles. The Balaban J connectivity index is 1.58. The molecule has 2 atom stereocenters. The molecule has 41 heavy (non-hydrogen) atoms. The summed E-state index contributed by atoms with van der Waals surface area (Å²) in [7, 11) is -2.08. The fraction of sp³-hybridized carbons (Fsp3) is 0.552. The molecule has 2 aromatic heterocycles. The van der Waals surface area contributed by atoms with E-state index in [4.69, 9.17) is 14.8 Å². The third kappa shape index (κ3) is 5.75. The fourth-order valence-electron chi connectivity index (χ4n) is 6.55. The largest absolute Gasteiger partial charge is 0.381 e. The number of methoxy groups -OCH3 is 1. The lowest BCUT2D eigenvalue weighted by atomic mass is 9.80. The summed E-state index contributed by atoms with van der Waals surface area (Å²) in [5.41, 5.74) is 2.95. The molecule has 0 bridgehead atoms. The van der Waals surface area contributed by atoms with Crippen molar-refractivity contribution in [2.75, 3.05) is 33.0 Å². The average Bonchev–Trinajstić information content (AvgIpc) is 3.30. The van der Waals surface area contributed by atoms with Gasteiger partial charge in [-0.15, -0.1) is 0 Å². The minimum Gasteiger partial charge on any atom is -0.381 e. The first-order chi connectivity index (χ1) is 19.7. The first-order valence-corrected chi connectivity index (χ1v) is 16.3. The summed E-state index contributed by atoms with van der Waals surface area (Å²) in [5.74, 6) is -0.901. The summed E-state index contributed by atoms with van der Waals surface area (Å²) in [6.45, 7) is 2.75. The number of carbonyl (C=O) groups excluding carboxylic acids is 1. The lowest BCUT2D eigenvalue weighted by molar-refractivity contribution is -0.0130. The summed E-state index contributed by atoms with van der Waals surface area (Å²) in [5, 5.41) is 9.40. The molecule has 4 heterocycles. The van der Waals surface area contributed by atoms with E-state index in [2.05, 4.69) is 14.9 Å². The number of sulfonamides is 1. The molecular weight excluding hydrogens is 547 g/mol. The van der Waals surface area contributed by atoms with Gasteiger partial charge >= 0.3 is 0 Å². The summed E-state index contributed by atoms with van der Waals surface area (Å²) in [4.78, 5) is 20.5. The van der Waals surface area contributed by atoms with Crippen LogP contribution < -0.4 is 10.0 Å². The summed E-state index contributed by atoms with van der Waals surface area (Å²) < 4.78 is 47.5. The highest BCUT2D eigenvalue weighted by molar-refractivity contribution is 7.89. The van der Waals surface area contributed by atoms with Crippen LogP contribution in [0.1, 0.15) is 78.7 Å². The van der Waals surface area contributed by atoms with Gasteiger partial charge in [0.25, 0.3) is 5.91 Å². The number of piperidine rings is 2. The first kappa shape index (κ1) is 28.2. The van der Waals surface area contributed by atoms with Crippen molar-refractivity contribution in [3.05, 3.63) is 53.1 Å². The van der Waals surface area contributed by atoms with E-state index in [1.165, 1.54) is 12.1 Å². The highest BCUT2D eigenvalue weighted by Crippen LogP contribution is 2.45. The van der Waals surface area contributed by atoms with Crippen LogP contribution in [-0.2, 0) is 14.8 Å². The Hall–Kier alpha value is -2.93. The first-order valence-electron chi connectivity index (χ1n) is 14.4. The number of hydrogen-bond donors (Lipinski definition) is 2. The number of ether oxygens (including phenoxy) is 1. The number of fused-ring (bicyclic) bond motifs is 1. The number of aromatic nitrogens is 3. The van der Waals surface area contributed by atoms with Gasteiger partial charge in [-0.1, -0.05) is 6.42 Å². The van der Waals surface area contributed by atoms with Crippen molar-refractivity contribution in [1.29, 1.82) is 0 Å². The molecule has 6 rings (SSSR count). The SMILES string of the molecule is COC1CCN(C2CCNCC2)C(c2cc(C(=O)NS(C)(=O)=O)nc3c2c(C2CCC2)nn3-c2ccc(F)cc2)C1. The second-order valence-electron chi connectivity index (χ2n) is 11.5. The van der Waals surface area contributed by atoms with Crippen molar-refractivity contribution in [2.45, 2.75) is 69.1 Å². The maximum absolute atomic E-state index is 13.9. The molecule has 2 N–H and O–H groups in total. The number of rotatable bonds is 7. The van der Waals surface area contributed by atoms with Crippen LogP contribution in [0.3, 0.4) is 0 Å². The van der Waals surface area contributed by atoms with E-state index in [9.17, 15) is 17.6 Å². The Kier molecular flexibility index (Phi) is 7.84. The molecule has 1 aliphatic carbocycles. The number of amides is 1. The second-order valence-corrected chi connectivity index (χ2v) is 13.3. The molecule has 12 heteroatoms. The Morgan fingerprint density at radius 2 is 1.85 bits per heavy atom. The van der Waals surface area contributed by atoms with Crippen LogP contribution in [0.5, 0.6) is 0 Å². The zero-order chi connectivity index (χ0) is 28.7. The zero-order valence-corrected chi connectivity index (χ0v) is 24.3. The van der Waals surface area contributed by atoms with E-state index < -0.39 is 15.9 Å². The summed E-state index contributed by atoms with van der Waals surface area (Å²) in [6.07, 6.45) is 7.82. The van der Waals surface area contributed by atoms with Crippen LogP contribution in [0.15, 0.2) is 30.3 Å². The zero-order valence-electron chi connectivity index (χ0n) is 23.5. The molecule has 2 saturated heterocycles. The number of nitrogens with one attached hydrogen (secondary N) is 2. The van der Waals surface area contributed by atoms with E-state index in [0.29, 0.717) is 17.4 Å². The third-order valence-corrected chi connectivity index (χ3v) is 9.39. The van der Waals surface area contributed by atoms with Crippen LogP contribution in [0, 0.1) is 5.82 Å². The predicted octanol–water partition coefficient (Wildman–Crippen LogP) is 3.42. The molecule has 220 valence electrons. The van der Waals surface area contributed by atoms with E-state index >= 15 is 0 Å². The van der Waals surface area contributed by atoms with E-state index in [0.717, 1.165) is 87.5 Å². The van der Waals surface area contributed by atoms with Crippen molar-refractivity contribution in [3.63, 3.8) is 0 Å². The van der Waals surface area contributed by atoms with Crippen LogP contribution in [0.25, 0.3) is 16.7 Å². The summed E-state index contributed by atoms with van der Waals surface area (Å²) in [6, 6.07) is 8.08. The van der Waals surface area contributed by atoms with E-state index in [1.807, 2.05) is 0 Å². The number of halogens is 1. The van der Waals surface area contributed by atoms with Gasteiger partial charge in [-0.2, -0.15) is 5.10 Å². The van der Waals surface area contributed by atoms with Crippen molar-refractivity contribution < 1.29 is 22.3 Å². The lowest BCUT2D eigenvalue weighted by Gasteiger charge is -2.45. The molecule has 3 fully saturated rings. The molecule has 2 unspecified atom stereocenters. The topological polar surface area (TPSA) is 118 Å². The fourth-order valence-corrected chi connectivity index (χ4v) is 6.99. The standard InChI is InChI=1S/C29H37FN6O4S/c1-40-22-12-15-35(20-10-13-31-14-11-20)25(16-22)23-17-24(29(37)34-41(2,38)39)32-28-26(23)27(18-4-3-5-18)33-36(28)21-8-6-19(30)7-9-21/h6-9,17-18,20,22,25,31H,3-5,10-16H2,1-2H3,(H,34,37). The van der Waals surface area contributed by atoms with Crippen LogP contribution in [0.2, 0.25) is 0 Å². The third-order valence-electron chi connectivity index (χ3n) is 8.83. The molecular formula is C29H37FN6O4S. The predicted molar refractivity (Wildman–Crippen MR) is 153 cm³/mol. The maximum atomic E-state index is 13.9. The normalized spacial score (nSPS) is 23.0. The molecule has 0 spiro atoms. The highest BCUT2D eigenvalue weighted by Gasteiger charge is 2.38. The minimum atomic E-state index is -3.81. The van der Waals surface area contributed by atoms with Gasteiger partial charge in [0.1, 0.15) is 11.5 Å². The molecule has 3 aromatic rings. The Morgan fingerprint density at radius 1 is 1.12 bits per heavy atom. The molecule has 3 aliphatic rings. The number of carbonyl (C=O) groups is 1. The molecule has 10 nitrogen and oxygen atoms in total. The van der Waals surface area contributed by atoms with Gasteiger partial charge in [0.05, 0.1) is 23.7 Å². The van der Waals surface area contributed by atoms with Gasteiger partial charge in [0, 0.05) is 37.0 Å². The number of nitrogens with zero attached hydrogens (tertiary/aromatic N) is 4. The van der Waals surface area contributed by atoms with Gasteiger partial charge in [-0.25, -0.2) is 27.2 Å². The number of benzene rings is 1. The van der Waals surface area contributed by atoms with Crippen LogP contribution in [-0.4, -0.2) is 79.1 Å². The molecule has 1 amide bonds. The van der Waals surface area contributed by atoms with Gasteiger partial charge in [0.2, 0.25) is 10.0 Å². The van der Waals surface area contributed by atoms with E-state index in [1.54, 1.807) is 30.0 Å².